The molecule has 0 radical (unpaired) electrons. The van der Waals surface area contributed by atoms with Gasteiger partial charge in [0.2, 0.25) is 5.88 Å². The van der Waals surface area contributed by atoms with Crippen molar-refractivity contribution in [1.82, 2.24) is 15.0 Å². The van der Waals surface area contributed by atoms with Gasteiger partial charge in [0, 0.05) is 16.8 Å². The van der Waals surface area contributed by atoms with Crippen molar-refractivity contribution in [3.8, 4) is 11.6 Å². The number of anilines is 3. The minimum absolute atomic E-state index is 0.303. The molecule has 3 aromatic carbocycles. The van der Waals surface area contributed by atoms with Crippen LogP contribution in [0, 0.1) is 6.92 Å². The van der Waals surface area contributed by atoms with Gasteiger partial charge in [-0.25, -0.2) is 4.98 Å². The van der Waals surface area contributed by atoms with Crippen molar-refractivity contribution in [2.75, 3.05) is 11.1 Å². The van der Waals surface area contributed by atoms with Gasteiger partial charge in [-0.05, 0) is 54.1 Å². The first-order valence-electron chi connectivity index (χ1n) is 9.58. The molecule has 2 aromatic heterocycles. The zero-order valence-corrected chi connectivity index (χ0v) is 16.3. The lowest BCUT2D eigenvalue weighted by Gasteiger charge is -2.13. The molecule has 0 unspecified atom stereocenters. The van der Waals surface area contributed by atoms with Crippen LogP contribution < -0.4 is 15.8 Å². The molecule has 0 bridgehead atoms. The lowest BCUT2D eigenvalue weighted by Crippen LogP contribution is -2.03. The normalized spacial score (nSPS) is 11.0. The highest BCUT2D eigenvalue weighted by atomic mass is 16.5. The van der Waals surface area contributed by atoms with E-state index in [1.165, 1.54) is 6.33 Å². The van der Waals surface area contributed by atoms with Gasteiger partial charge in [-0.15, -0.1) is 0 Å². The lowest BCUT2D eigenvalue weighted by atomic mass is 10.1. The Hall–Kier alpha value is -4.19. The molecule has 5 rings (SSSR count). The summed E-state index contributed by atoms with van der Waals surface area (Å²) in [4.78, 5) is 13.1. The Morgan fingerprint density at radius 3 is 2.63 bits per heavy atom. The molecule has 0 saturated heterocycles. The van der Waals surface area contributed by atoms with E-state index >= 15 is 0 Å². The Kier molecular flexibility index (Phi) is 4.37. The first-order chi connectivity index (χ1) is 14.7. The molecule has 5 aromatic rings. The molecule has 6 heteroatoms. The number of rotatable bonds is 4. The second-order valence-corrected chi connectivity index (χ2v) is 7.00. The summed E-state index contributed by atoms with van der Waals surface area (Å²) < 4.78 is 5.97. The Labute approximate surface area is 173 Å². The van der Waals surface area contributed by atoms with Gasteiger partial charge in [-0.3, -0.25) is 4.98 Å². The van der Waals surface area contributed by atoms with Crippen LogP contribution in [-0.2, 0) is 0 Å². The number of ether oxygens (including phenoxy) is 1. The van der Waals surface area contributed by atoms with E-state index in [1.54, 1.807) is 0 Å². The number of hydrogen-bond donors (Lipinski definition) is 2. The molecule has 0 amide bonds. The zero-order valence-electron chi connectivity index (χ0n) is 16.3. The van der Waals surface area contributed by atoms with E-state index in [2.05, 4.69) is 26.3 Å². The topological polar surface area (TPSA) is 86.0 Å². The van der Waals surface area contributed by atoms with Crippen molar-refractivity contribution in [3.05, 3.63) is 84.8 Å². The van der Waals surface area contributed by atoms with Gasteiger partial charge in [0.05, 0.1) is 5.52 Å². The molecular formula is C24H19N5O. The van der Waals surface area contributed by atoms with E-state index in [9.17, 15) is 0 Å². The summed E-state index contributed by atoms with van der Waals surface area (Å²) in [6.45, 7) is 1.97. The molecule has 6 nitrogen and oxygen atoms in total. The van der Waals surface area contributed by atoms with Gasteiger partial charge in [0.25, 0.3) is 0 Å². The summed E-state index contributed by atoms with van der Waals surface area (Å²) in [5, 5.41) is 6.50. The summed E-state index contributed by atoms with van der Waals surface area (Å²) in [6.07, 6.45) is 1.43. The quantitative estimate of drug-likeness (QED) is 0.413. The predicted octanol–water partition coefficient (Wildman–Crippen LogP) is 5.60. The number of nitrogens with one attached hydrogen (secondary N) is 1. The van der Waals surface area contributed by atoms with Crippen molar-refractivity contribution in [1.29, 1.82) is 0 Å². The van der Waals surface area contributed by atoms with Gasteiger partial charge in [0.1, 0.15) is 17.8 Å². The van der Waals surface area contributed by atoms with Gasteiger partial charge >= 0.3 is 0 Å². The maximum atomic E-state index is 6.33. The van der Waals surface area contributed by atoms with Crippen LogP contribution in [0.4, 0.5) is 17.2 Å². The van der Waals surface area contributed by atoms with Crippen molar-refractivity contribution >= 4 is 38.9 Å². The molecular weight excluding hydrogens is 374 g/mol. The summed E-state index contributed by atoms with van der Waals surface area (Å²) in [5.74, 6) is 1.45. The van der Waals surface area contributed by atoms with Crippen LogP contribution >= 0.6 is 0 Å². The number of benzene rings is 3. The van der Waals surface area contributed by atoms with Gasteiger partial charge < -0.3 is 15.8 Å². The fourth-order valence-electron chi connectivity index (χ4n) is 3.40. The third-order valence-corrected chi connectivity index (χ3v) is 4.91. The number of hydrogen-bond acceptors (Lipinski definition) is 6. The molecule has 146 valence electrons. The first-order valence-corrected chi connectivity index (χ1v) is 9.58. The SMILES string of the molecule is Cc1ccc2c(Nc3ncnc(Oc4ccc5ccccc5c4)c3N)cccc2n1. The molecule has 0 aliphatic carbocycles. The molecule has 0 spiro atoms. The predicted molar refractivity (Wildman–Crippen MR) is 120 cm³/mol. The summed E-state index contributed by atoms with van der Waals surface area (Å²) in [6, 6.07) is 23.9. The molecule has 0 atom stereocenters. The van der Waals surface area contributed by atoms with Crippen LogP contribution in [0.1, 0.15) is 5.69 Å². The maximum Gasteiger partial charge on any atom is 0.248 e. The van der Waals surface area contributed by atoms with Crippen LogP contribution in [0.5, 0.6) is 11.6 Å². The number of nitrogens with two attached hydrogens (primary N) is 1. The van der Waals surface area contributed by atoms with Crippen molar-refractivity contribution in [2.24, 2.45) is 0 Å². The molecule has 0 saturated carbocycles. The molecule has 0 aliphatic heterocycles. The van der Waals surface area contributed by atoms with E-state index in [0.717, 1.165) is 33.1 Å². The van der Waals surface area contributed by atoms with Crippen LogP contribution in [0.2, 0.25) is 0 Å². The Morgan fingerprint density at radius 1 is 0.867 bits per heavy atom. The Morgan fingerprint density at radius 2 is 1.73 bits per heavy atom. The maximum absolute atomic E-state index is 6.33. The molecule has 2 heterocycles. The van der Waals surface area contributed by atoms with E-state index in [-0.39, 0.29) is 0 Å². The largest absolute Gasteiger partial charge is 0.437 e. The van der Waals surface area contributed by atoms with Crippen LogP contribution in [0.25, 0.3) is 21.7 Å². The summed E-state index contributed by atoms with van der Waals surface area (Å²) >= 11 is 0. The number of nitrogen functional groups attached to an aromatic ring is 1. The lowest BCUT2D eigenvalue weighted by molar-refractivity contribution is 0.465. The average Bonchev–Trinajstić information content (AvgIpc) is 2.76. The monoisotopic (exact) mass is 393 g/mol. The third-order valence-electron chi connectivity index (χ3n) is 4.91. The summed E-state index contributed by atoms with van der Waals surface area (Å²) in [5.41, 5.74) is 9.40. The van der Waals surface area contributed by atoms with Crippen LogP contribution in [-0.4, -0.2) is 15.0 Å². The number of aryl methyl sites for hydroxylation is 1. The molecule has 3 N–H and O–H groups in total. The van der Waals surface area contributed by atoms with E-state index in [4.69, 9.17) is 10.5 Å². The van der Waals surface area contributed by atoms with Gasteiger partial charge in [0.15, 0.2) is 5.82 Å². The fraction of sp³-hybridized carbons (Fsp3) is 0.0417. The van der Waals surface area contributed by atoms with E-state index < -0.39 is 0 Å². The highest BCUT2D eigenvalue weighted by Crippen LogP contribution is 2.33. The third kappa shape index (κ3) is 3.35. The molecule has 0 fully saturated rings. The first kappa shape index (κ1) is 17.9. The number of fused-ring (bicyclic) bond motifs is 2. The second kappa shape index (κ2) is 7.33. The molecule has 30 heavy (non-hydrogen) atoms. The minimum atomic E-state index is 0.303. The fourth-order valence-corrected chi connectivity index (χ4v) is 3.40. The zero-order chi connectivity index (χ0) is 20.5. The standard InChI is InChI=1S/C24H19N5O/c1-15-9-12-19-20(28-15)7-4-8-21(19)29-23-22(25)24(27-14-26-23)30-18-11-10-16-5-2-3-6-17(16)13-18/h2-14H,25H2,1H3,(H,26,27,29). The smallest absolute Gasteiger partial charge is 0.248 e. The van der Waals surface area contributed by atoms with Crippen molar-refractivity contribution in [3.63, 3.8) is 0 Å². The average molecular weight is 393 g/mol. The highest BCUT2D eigenvalue weighted by molar-refractivity contribution is 5.94. The van der Waals surface area contributed by atoms with Gasteiger partial charge in [-0.2, -0.15) is 4.98 Å². The molecule has 0 aliphatic rings. The van der Waals surface area contributed by atoms with Gasteiger partial charge in [-0.1, -0.05) is 36.4 Å². The van der Waals surface area contributed by atoms with Crippen molar-refractivity contribution in [2.45, 2.75) is 6.92 Å². The minimum Gasteiger partial charge on any atom is -0.437 e. The van der Waals surface area contributed by atoms with E-state index in [1.807, 2.05) is 73.7 Å². The van der Waals surface area contributed by atoms with E-state index in [0.29, 0.717) is 23.1 Å². The number of pyridine rings is 1. The van der Waals surface area contributed by atoms with Crippen LogP contribution in [0.15, 0.2) is 79.1 Å². The highest BCUT2D eigenvalue weighted by Gasteiger charge is 2.12. The van der Waals surface area contributed by atoms with Crippen molar-refractivity contribution < 1.29 is 4.74 Å². The summed E-state index contributed by atoms with van der Waals surface area (Å²) in [7, 11) is 0. The second-order valence-electron chi connectivity index (χ2n) is 7.00. The number of nitrogens with zero attached hydrogens (tertiary/aromatic N) is 3. The number of aromatic nitrogens is 3. The Balaban J connectivity index is 1.47. The Bertz CT molecular complexity index is 1380. The van der Waals surface area contributed by atoms with Crippen LogP contribution in [0.3, 0.4) is 0 Å².